The molecular weight excluding hydrogens is 392 g/mol. The van der Waals surface area contributed by atoms with Crippen LogP contribution in [0.2, 0.25) is 0 Å². The van der Waals surface area contributed by atoms with E-state index in [9.17, 15) is 19.2 Å². The number of benzene rings is 1. The number of hydrogen-bond donors (Lipinski definition) is 2. The minimum Gasteiger partial charge on any atom is -0.445 e. The molecule has 1 saturated heterocycles. The Hall–Kier alpha value is -3.30. The number of ether oxygens (including phenoxy) is 2. The van der Waals surface area contributed by atoms with E-state index < -0.39 is 42.2 Å². The molecular formula is C20H28N4O6. The van der Waals surface area contributed by atoms with Crippen molar-refractivity contribution >= 4 is 24.0 Å². The molecule has 0 spiro atoms. The fourth-order valence-electron chi connectivity index (χ4n) is 2.67. The summed E-state index contributed by atoms with van der Waals surface area (Å²) in [5, 5.41) is 0. The van der Waals surface area contributed by atoms with Gasteiger partial charge in [0, 0.05) is 20.0 Å². The van der Waals surface area contributed by atoms with Gasteiger partial charge in [0.05, 0.1) is 7.92 Å². The van der Waals surface area contributed by atoms with Crippen molar-refractivity contribution in [1.82, 2.24) is 20.7 Å². The minimum absolute atomic E-state index is 0.0161. The maximum Gasteiger partial charge on any atom is 0.410 e. The second-order valence-corrected chi connectivity index (χ2v) is 7.72. The highest BCUT2D eigenvalue weighted by Gasteiger charge is 2.39. The third-order valence-electron chi connectivity index (χ3n) is 4.03. The molecule has 1 unspecified atom stereocenters. The van der Waals surface area contributed by atoms with E-state index >= 15 is 0 Å². The predicted octanol–water partition coefficient (Wildman–Crippen LogP) is 1.41. The Morgan fingerprint density at radius 3 is 2.37 bits per heavy atom. The summed E-state index contributed by atoms with van der Waals surface area (Å²) in [7, 11) is 0. The summed E-state index contributed by atoms with van der Waals surface area (Å²) in [6.45, 7) is 5.02. The van der Waals surface area contributed by atoms with Gasteiger partial charge in [0.2, 0.25) is 5.91 Å². The molecule has 1 aromatic carbocycles. The normalized spacial score (nSPS) is 18.0. The van der Waals surface area contributed by atoms with Gasteiger partial charge in [0.1, 0.15) is 18.2 Å². The molecule has 164 valence electrons. The lowest BCUT2D eigenvalue weighted by Gasteiger charge is -2.39. The Kier molecular flexibility index (Phi) is 7.10. The van der Waals surface area contributed by atoms with Crippen LogP contribution < -0.4 is 10.9 Å². The van der Waals surface area contributed by atoms with Crippen molar-refractivity contribution < 1.29 is 30.0 Å². The zero-order valence-corrected chi connectivity index (χ0v) is 17.5. The van der Waals surface area contributed by atoms with E-state index in [-0.39, 0.29) is 19.6 Å². The highest BCUT2D eigenvalue weighted by molar-refractivity contribution is 5.88. The number of nitrogens with zero attached hydrogens (tertiary/aromatic N) is 2. The van der Waals surface area contributed by atoms with E-state index in [0.29, 0.717) is 5.56 Å². The average Bonchev–Trinajstić information content (AvgIpc) is 2.70. The van der Waals surface area contributed by atoms with Crippen LogP contribution in [0.3, 0.4) is 0 Å². The van der Waals surface area contributed by atoms with Crippen LogP contribution in [0.25, 0.3) is 0 Å². The van der Waals surface area contributed by atoms with Gasteiger partial charge < -0.3 is 14.4 Å². The largest absolute Gasteiger partial charge is 0.445 e. The summed E-state index contributed by atoms with van der Waals surface area (Å²) >= 11 is 0. The quantitative estimate of drug-likeness (QED) is 0.713. The number of carbonyl (C=O) groups excluding carboxylic acids is 4. The Bertz CT molecular complexity index is 814. The number of hydrogen-bond acceptors (Lipinski definition) is 6. The molecule has 1 heterocycles. The summed E-state index contributed by atoms with van der Waals surface area (Å²) in [5.41, 5.74) is 4.13. The molecule has 30 heavy (non-hydrogen) atoms. The van der Waals surface area contributed by atoms with Crippen molar-refractivity contribution in [3.05, 3.63) is 35.9 Å². The summed E-state index contributed by atoms with van der Waals surface area (Å²) in [6, 6.07) is 7.35. The van der Waals surface area contributed by atoms with Gasteiger partial charge in [-0.15, -0.1) is 0 Å². The Labute approximate surface area is 176 Å². The number of carbonyl (C=O) groups is 4. The van der Waals surface area contributed by atoms with Crippen LogP contribution in [0, 0.1) is 0 Å². The molecule has 2 rings (SSSR count). The molecule has 10 heteroatoms. The molecule has 1 fully saturated rings. The second-order valence-electron chi connectivity index (χ2n) is 7.72. The SMILES string of the molecule is [2H]C(OC(=O)N1CCN(C(=O)OC(C)(C)C)C[C@@H]1C(=O)NNC(C)=O)c1ccccc1. The molecule has 0 aliphatic carbocycles. The first-order valence-corrected chi connectivity index (χ1v) is 9.46. The van der Waals surface area contributed by atoms with Crippen molar-refractivity contribution in [2.45, 2.75) is 45.9 Å². The van der Waals surface area contributed by atoms with E-state index in [1.165, 1.54) is 11.8 Å². The monoisotopic (exact) mass is 421 g/mol. The lowest BCUT2D eigenvalue weighted by atomic mass is 10.1. The van der Waals surface area contributed by atoms with Crippen LogP contribution in [-0.2, 0) is 25.6 Å². The molecule has 0 radical (unpaired) electrons. The van der Waals surface area contributed by atoms with E-state index in [0.717, 1.165) is 4.90 Å². The minimum atomic E-state index is -1.28. The van der Waals surface area contributed by atoms with Crippen molar-refractivity contribution in [1.29, 1.82) is 0 Å². The maximum absolute atomic E-state index is 12.7. The fraction of sp³-hybridized carbons (Fsp3) is 0.500. The number of piperazine rings is 1. The summed E-state index contributed by atoms with van der Waals surface area (Å²) in [6.07, 6.45) is -1.50. The fourth-order valence-corrected chi connectivity index (χ4v) is 2.67. The smallest absolute Gasteiger partial charge is 0.410 e. The molecule has 2 N–H and O–H groups in total. The van der Waals surface area contributed by atoms with E-state index in [2.05, 4.69) is 10.9 Å². The summed E-state index contributed by atoms with van der Waals surface area (Å²) in [4.78, 5) is 51.3. The third-order valence-corrected chi connectivity index (χ3v) is 4.03. The molecule has 0 aromatic heterocycles. The lowest BCUT2D eigenvalue weighted by Crippen LogP contribution is -2.63. The molecule has 1 aliphatic rings. The first-order chi connectivity index (χ1) is 14.5. The lowest BCUT2D eigenvalue weighted by molar-refractivity contribution is -0.132. The average molecular weight is 421 g/mol. The van der Waals surface area contributed by atoms with Gasteiger partial charge in [-0.1, -0.05) is 30.3 Å². The van der Waals surface area contributed by atoms with Crippen LogP contribution in [0.5, 0.6) is 0 Å². The van der Waals surface area contributed by atoms with Crippen LogP contribution in [0.15, 0.2) is 30.3 Å². The van der Waals surface area contributed by atoms with Gasteiger partial charge >= 0.3 is 12.2 Å². The van der Waals surface area contributed by atoms with Gasteiger partial charge in [-0.2, -0.15) is 0 Å². The molecule has 0 bridgehead atoms. The van der Waals surface area contributed by atoms with Gasteiger partial charge in [-0.25, -0.2) is 9.59 Å². The standard InChI is InChI=1S/C20H28N4O6/c1-14(25)21-22-17(26)16-12-23(18(27)30-20(2,3)4)10-11-24(16)19(28)29-13-15-8-6-5-7-9-15/h5-9,16H,10-13H2,1-4H3,(H,21,25)(H,22,26)/t16-/m1/s1/i13D/t13?,16-. The highest BCUT2D eigenvalue weighted by atomic mass is 16.6. The molecule has 2 atom stereocenters. The number of rotatable bonds is 3. The molecule has 0 saturated carbocycles. The van der Waals surface area contributed by atoms with Gasteiger partial charge in [0.25, 0.3) is 5.91 Å². The molecule has 1 aromatic rings. The number of amides is 4. The van der Waals surface area contributed by atoms with Crippen molar-refractivity contribution in [2.75, 3.05) is 19.6 Å². The van der Waals surface area contributed by atoms with Crippen LogP contribution >= 0.6 is 0 Å². The van der Waals surface area contributed by atoms with E-state index in [4.69, 9.17) is 10.8 Å². The van der Waals surface area contributed by atoms with Crippen molar-refractivity contribution in [3.8, 4) is 0 Å². The topological polar surface area (TPSA) is 117 Å². The van der Waals surface area contributed by atoms with Gasteiger partial charge in [-0.3, -0.25) is 25.3 Å². The maximum atomic E-state index is 12.7. The molecule has 4 amide bonds. The van der Waals surface area contributed by atoms with Crippen molar-refractivity contribution in [2.24, 2.45) is 0 Å². The summed E-state index contributed by atoms with van der Waals surface area (Å²) in [5.74, 6) is -1.21. The number of nitrogens with one attached hydrogen (secondary N) is 2. The zero-order valence-electron chi connectivity index (χ0n) is 18.5. The Balaban J connectivity index is 2.13. The first-order valence-electron chi connectivity index (χ1n) is 10.0. The molecule has 10 nitrogen and oxygen atoms in total. The summed E-state index contributed by atoms with van der Waals surface area (Å²) < 4.78 is 18.6. The Morgan fingerprint density at radius 1 is 1.10 bits per heavy atom. The number of hydrazine groups is 1. The van der Waals surface area contributed by atoms with Crippen LogP contribution in [-0.4, -0.2) is 65.1 Å². The van der Waals surface area contributed by atoms with Crippen LogP contribution in [0.1, 0.15) is 34.6 Å². The van der Waals surface area contributed by atoms with Gasteiger partial charge in [-0.05, 0) is 26.3 Å². The van der Waals surface area contributed by atoms with Crippen molar-refractivity contribution in [3.63, 3.8) is 0 Å². The van der Waals surface area contributed by atoms with E-state index in [1.807, 2.05) is 0 Å². The predicted molar refractivity (Wildman–Crippen MR) is 107 cm³/mol. The second kappa shape index (κ2) is 9.95. The van der Waals surface area contributed by atoms with Gasteiger partial charge in [0.15, 0.2) is 0 Å². The molecule has 1 aliphatic heterocycles. The highest BCUT2D eigenvalue weighted by Crippen LogP contribution is 2.17. The third kappa shape index (κ3) is 6.94. The zero-order chi connectivity index (χ0) is 23.2. The Morgan fingerprint density at radius 2 is 1.77 bits per heavy atom. The first kappa shape index (κ1) is 21.4. The van der Waals surface area contributed by atoms with E-state index in [1.54, 1.807) is 51.1 Å². The van der Waals surface area contributed by atoms with Crippen LogP contribution in [0.4, 0.5) is 9.59 Å².